The van der Waals surface area contributed by atoms with Gasteiger partial charge in [0.15, 0.2) is 5.65 Å². The number of aromatic nitrogens is 3. The molecule has 2 heterocycles. The predicted octanol–water partition coefficient (Wildman–Crippen LogP) is 3.23. The lowest BCUT2D eigenvalue weighted by atomic mass is 10.2. The van der Waals surface area contributed by atoms with Gasteiger partial charge in [-0.3, -0.25) is 4.79 Å². The highest BCUT2D eigenvalue weighted by Gasteiger charge is 2.16. The van der Waals surface area contributed by atoms with Crippen LogP contribution in [0, 0.1) is 6.92 Å². The Labute approximate surface area is 135 Å². The van der Waals surface area contributed by atoms with Gasteiger partial charge in [-0.05, 0) is 20.3 Å². The van der Waals surface area contributed by atoms with Crippen LogP contribution in [0.3, 0.4) is 0 Å². The molecule has 2 aromatic heterocycles. The molecule has 0 bridgehead atoms. The summed E-state index contributed by atoms with van der Waals surface area (Å²) in [7, 11) is 0. The van der Waals surface area contributed by atoms with Gasteiger partial charge >= 0.3 is 0 Å². The monoisotopic (exact) mass is 308 g/mol. The number of fused-ring (bicyclic) bond motifs is 1. The molecule has 0 saturated carbocycles. The Morgan fingerprint density at radius 1 is 1.30 bits per heavy atom. The number of benzene rings is 1. The summed E-state index contributed by atoms with van der Waals surface area (Å²) >= 11 is 0. The van der Waals surface area contributed by atoms with Gasteiger partial charge in [-0.1, -0.05) is 37.3 Å². The third kappa shape index (κ3) is 2.95. The van der Waals surface area contributed by atoms with E-state index in [1.54, 1.807) is 10.7 Å². The minimum Gasteiger partial charge on any atom is -0.349 e. The summed E-state index contributed by atoms with van der Waals surface area (Å²) < 4.78 is 1.73. The van der Waals surface area contributed by atoms with Gasteiger partial charge in [0, 0.05) is 23.9 Å². The summed E-state index contributed by atoms with van der Waals surface area (Å²) in [5.74, 6) is -0.108. The minimum atomic E-state index is -0.108. The molecule has 0 unspecified atom stereocenters. The van der Waals surface area contributed by atoms with Crippen LogP contribution in [0.4, 0.5) is 0 Å². The third-order valence-electron chi connectivity index (χ3n) is 4.03. The second-order valence-electron chi connectivity index (χ2n) is 5.71. The van der Waals surface area contributed by atoms with Crippen molar-refractivity contribution >= 4 is 11.6 Å². The first-order chi connectivity index (χ1) is 11.1. The Balaban J connectivity index is 2.01. The molecule has 0 radical (unpaired) electrons. The lowest BCUT2D eigenvalue weighted by molar-refractivity contribution is 0.0937. The van der Waals surface area contributed by atoms with E-state index >= 15 is 0 Å². The van der Waals surface area contributed by atoms with Crippen molar-refractivity contribution in [1.82, 2.24) is 19.9 Å². The Morgan fingerprint density at radius 3 is 2.74 bits per heavy atom. The van der Waals surface area contributed by atoms with Crippen LogP contribution in [-0.2, 0) is 0 Å². The van der Waals surface area contributed by atoms with E-state index in [0.717, 1.165) is 29.0 Å². The van der Waals surface area contributed by atoms with E-state index in [9.17, 15) is 4.79 Å². The van der Waals surface area contributed by atoms with Gasteiger partial charge in [-0.25, -0.2) is 9.50 Å². The molecule has 0 fully saturated rings. The molecule has 0 aliphatic heterocycles. The second-order valence-corrected chi connectivity index (χ2v) is 5.71. The molecule has 3 aromatic rings. The standard InChI is InChI=1S/C18H20N4O/c1-4-12(2)20-18(23)15-11-19-17-10-16(21-22(17)13(15)3)14-8-6-5-7-9-14/h5-12H,4H2,1-3H3,(H,20,23)/t12-/m1/s1. The maximum Gasteiger partial charge on any atom is 0.254 e. The molecule has 0 saturated heterocycles. The number of carbonyl (C=O) groups is 1. The van der Waals surface area contributed by atoms with Crippen LogP contribution >= 0.6 is 0 Å². The zero-order valence-corrected chi connectivity index (χ0v) is 13.6. The van der Waals surface area contributed by atoms with Crippen LogP contribution in [0.25, 0.3) is 16.9 Å². The fourth-order valence-corrected chi connectivity index (χ4v) is 2.42. The molecule has 118 valence electrons. The first kappa shape index (κ1) is 15.2. The van der Waals surface area contributed by atoms with Gasteiger partial charge < -0.3 is 5.32 Å². The van der Waals surface area contributed by atoms with E-state index < -0.39 is 0 Å². The number of carbonyl (C=O) groups excluding carboxylic acids is 1. The van der Waals surface area contributed by atoms with Crippen molar-refractivity contribution in [3.05, 3.63) is 53.9 Å². The van der Waals surface area contributed by atoms with Crippen molar-refractivity contribution in [1.29, 1.82) is 0 Å². The summed E-state index contributed by atoms with van der Waals surface area (Å²) in [6, 6.07) is 12.0. The Kier molecular flexibility index (Phi) is 4.10. The fraction of sp³-hybridized carbons (Fsp3) is 0.278. The maximum atomic E-state index is 12.4. The first-order valence-electron chi connectivity index (χ1n) is 7.81. The van der Waals surface area contributed by atoms with Crippen LogP contribution in [0.2, 0.25) is 0 Å². The highest BCUT2D eigenvalue weighted by Crippen LogP contribution is 2.20. The van der Waals surface area contributed by atoms with Crippen LogP contribution in [0.5, 0.6) is 0 Å². The number of nitrogens with zero attached hydrogens (tertiary/aromatic N) is 3. The average Bonchev–Trinajstić information content (AvgIpc) is 3.01. The van der Waals surface area contributed by atoms with E-state index in [0.29, 0.717) is 5.56 Å². The Hall–Kier alpha value is -2.69. The summed E-state index contributed by atoms with van der Waals surface area (Å²) in [6.07, 6.45) is 2.51. The molecule has 1 amide bonds. The van der Waals surface area contributed by atoms with E-state index in [1.165, 1.54) is 0 Å². The highest BCUT2D eigenvalue weighted by atomic mass is 16.1. The number of amides is 1. The highest BCUT2D eigenvalue weighted by molar-refractivity contribution is 5.95. The van der Waals surface area contributed by atoms with E-state index in [2.05, 4.69) is 15.4 Å². The van der Waals surface area contributed by atoms with Crippen molar-refractivity contribution in [2.45, 2.75) is 33.2 Å². The molecule has 0 spiro atoms. The van der Waals surface area contributed by atoms with Crippen LogP contribution in [-0.4, -0.2) is 26.5 Å². The second kappa shape index (κ2) is 6.20. The molecule has 5 nitrogen and oxygen atoms in total. The largest absolute Gasteiger partial charge is 0.349 e. The predicted molar refractivity (Wildman–Crippen MR) is 90.4 cm³/mol. The van der Waals surface area contributed by atoms with Gasteiger partial charge in [-0.15, -0.1) is 0 Å². The molecule has 0 aliphatic carbocycles. The quantitative estimate of drug-likeness (QED) is 0.805. The maximum absolute atomic E-state index is 12.4. The van der Waals surface area contributed by atoms with E-state index in [1.807, 2.05) is 57.2 Å². The van der Waals surface area contributed by atoms with E-state index in [-0.39, 0.29) is 11.9 Å². The number of aryl methyl sites for hydroxylation is 1. The molecule has 1 atom stereocenters. The van der Waals surface area contributed by atoms with Crippen molar-refractivity contribution in [2.75, 3.05) is 0 Å². The molecule has 5 heteroatoms. The number of hydrogen-bond acceptors (Lipinski definition) is 3. The van der Waals surface area contributed by atoms with Crippen molar-refractivity contribution < 1.29 is 4.79 Å². The number of hydrogen-bond donors (Lipinski definition) is 1. The topological polar surface area (TPSA) is 59.3 Å². The zero-order valence-electron chi connectivity index (χ0n) is 13.6. The van der Waals surface area contributed by atoms with Crippen LogP contribution < -0.4 is 5.32 Å². The first-order valence-corrected chi connectivity index (χ1v) is 7.81. The smallest absolute Gasteiger partial charge is 0.254 e. The lowest BCUT2D eigenvalue weighted by Gasteiger charge is -2.12. The lowest BCUT2D eigenvalue weighted by Crippen LogP contribution is -2.32. The van der Waals surface area contributed by atoms with E-state index in [4.69, 9.17) is 0 Å². The molecule has 0 aliphatic rings. The Bertz CT molecular complexity index is 839. The summed E-state index contributed by atoms with van der Waals surface area (Å²) in [6.45, 7) is 5.92. The molecular formula is C18H20N4O. The van der Waals surface area contributed by atoms with Crippen molar-refractivity contribution in [3.63, 3.8) is 0 Å². The minimum absolute atomic E-state index is 0.108. The van der Waals surface area contributed by atoms with Crippen LogP contribution in [0.15, 0.2) is 42.6 Å². The van der Waals surface area contributed by atoms with Gasteiger partial charge in [0.2, 0.25) is 0 Å². The molecule has 23 heavy (non-hydrogen) atoms. The summed E-state index contributed by atoms with van der Waals surface area (Å²) in [4.78, 5) is 16.7. The van der Waals surface area contributed by atoms with Gasteiger partial charge in [0.1, 0.15) is 0 Å². The summed E-state index contributed by atoms with van der Waals surface area (Å²) in [5, 5.41) is 7.57. The van der Waals surface area contributed by atoms with Gasteiger partial charge in [0.25, 0.3) is 5.91 Å². The normalized spacial score (nSPS) is 12.3. The van der Waals surface area contributed by atoms with Gasteiger partial charge in [-0.2, -0.15) is 5.10 Å². The third-order valence-corrected chi connectivity index (χ3v) is 4.03. The number of nitrogens with one attached hydrogen (secondary N) is 1. The van der Waals surface area contributed by atoms with Crippen molar-refractivity contribution in [3.8, 4) is 11.3 Å². The molecule has 1 aromatic carbocycles. The van der Waals surface area contributed by atoms with Crippen molar-refractivity contribution in [2.24, 2.45) is 0 Å². The fourth-order valence-electron chi connectivity index (χ4n) is 2.42. The SMILES string of the molecule is CC[C@@H](C)NC(=O)c1cnc2cc(-c3ccccc3)nn2c1C. The Morgan fingerprint density at radius 2 is 2.04 bits per heavy atom. The number of rotatable bonds is 4. The average molecular weight is 308 g/mol. The molecular weight excluding hydrogens is 288 g/mol. The zero-order chi connectivity index (χ0) is 16.4. The summed E-state index contributed by atoms with van der Waals surface area (Å²) in [5.41, 5.74) is 3.96. The molecule has 3 rings (SSSR count). The van der Waals surface area contributed by atoms with Gasteiger partial charge in [0.05, 0.1) is 17.0 Å². The molecule has 1 N–H and O–H groups in total. The van der Waals surface area contributed by atoms with Crippen LogP contribution in [0.1, 0.15) is 36.3 Å².